The molecule has 0 rings (SSSR count). The van der Waals surface area contributed by atoms with Crippen LogP contribution in [0.3, 0.4) is 0 Å². The van der Waals surface area contributed by atoms with E-state index in [0.29, 0.717) is 5.71 Å². The van der Waals surface area contributed by atoms with Crippen LogP contribution in [0.25, 0.3) is 0 Å². The molecular weight excluding hydrogens is 148 g/mol. The number of rotatable bonds is 5. The average Bonchev–Trinajstić information content (AvgIpc) is 2.04. The van der Waals surface area contributed by atoms with Crippen molar-refractivity contribution in [3.63, 3.8) is 0 Å². The molecule has 0 heterocycles. The van der Waals surface area contributed by atoms with E-state index >= 15 is 0 Å². The van der Waals surface area contributed by atoms with Crippen molar-refractivity contribution in [2.75, 3.05) is 19.8 Å². The van der Waals surface area contributed by atoms with Crippen LogP contribution in [0.15, 0.2) is 5.16 Å². The maximum Gasteiger partial charge on any atom is 0.144 e. The molecule has 1 unspecified atom stereocenters. The Morgan fingerprint density at radius 2 is 2.36 bits per heavy atom. The van der Waals surface area contributed by atoms with E-state index in [1.807, 2.05) is 0 Å². The van der Waals surface area contributed by atoms with Crippen LogP contribution in [0.1, 0.15) is 6.92 Å². The number of aliphatic hydroxyl groups is 2. The van der Waals surface area contributed by atoms with Crippen LogP contribution in [-0.2, 0) is 4.84 Å². The predicted octanol–water partition coefficient (Wildman–Crippen LogP) is -1.31. The third-order valence-electron chi connectivity index (χ3n) is 0.988. The van der Waals surface area contributed by atoms with Gasteiger partial charge in [-0.3, -0.25) is 0 Å². The Kier molecular flexibility index (Phi) is 5.73. The van der Waals surface area contributed by atoms with Crippen LogP contribution < -0.4 is 5.73 Å². The zero-order valence-corrected chi connectivity index (χ0v) is 6.53. The summed E-state index contributed by atoms with van der Waals surface area (Å²) in [5.74, 6) is 0. The van der Waals surface area contributed by atoms with Gasteiger partial charge in [-0.05, 0) is 6.92 Å². The highest BCUT2D eigenvalue weighted by atomic mass is 16.6. The maximum absolute atomic E-state index is 8.86. The Labute approximate surface area is 65.5 Å². The number of nitrogens with zero attached hydrogens (tertiary/aromatic N) is 1. The summed E-state index contributed by atoms with van der Waals surface area (Å²) >= 11 is 0. The van der Waals surface area contributed by atoms with E-state index in [2.05, 4.69) is 9.99 Å². The van der Waals surface area contributed by atoms with Gasteiger partial charge < -0.3 is 20.8 Å². The Morgan fingerprint density at radius 3 is 2.82 bits per heavy atom. The summed E-state index contributed by atoms with van der Waals surface area (Å²) < 4.78 is 0. The minimum Gasteiger partial charge on any atom is -0.393 e. The molecule has 0 aromatic carbocycles. The van der Waals surface area contributed by atoms with Crippen molar-refractivity contribution in [2.24, 2.45) is 10.9 Å². The van der Waals surface area contributed by atoms with Gasteiger partial charge in [-0.15, -0.1) is 0 Å². The van der Waals surface area contributed by atoms with Crippen LogP contribution in [0.5, 0.6) is 0 Å². The van der Waals surface area contributed by atoms with Gasteiger partial charge in [-0.25, -0.2) is 0 Å². The van der Waals surface area contributed by atoms with Crippen molar-refractivity contribution in [1.29, 1.82) is 0 Å². The fourth-order valence-corrected chi connectivity index (χ4v) is 0.330. The molecule has 0 aliphatic carbocycles. The van der Waals surface area contributed by atoms with Crippen molar-refractivity contribution in [2.45, 2.75) is 13.0 Å². The van der Waals surface area contributed by atoms with Gasteiger partial charge in [0.15, 0.2) is 0 Å². The lowest BCUT2D eigenvalue weighted by atomic mass is 10.4. The first-order chi connectivity index (χ1) is 5.20. The van der Waals surface area contributed by atoms with Gasteiger partial charge in [0, 0.05) is 6.54 Å². The molecule has 0 fully saturated rings. The molecule has 0 aromatic heterocycles. The van der Waals surface area contributed by atoms with Gasteiger partial charge >= 0.3 is 0 Å². The predicted molar refractivity (Wildman–Crippen MR) is 41.2 cm³/mol. The third-order valence-corrected chi connectivity index (χ3v) is 0.988. The zero-order chi connectivity index (χ0) is 8.69. The molecule has 4 N–H and O–H groups in total. The average molecular weight is 162 g/mol. The summed E-state index contributed by atoms with van der Waals surface area (Å²) in [6.45, 7) is 1.69. The minimum atomic E-state index is -0.690. The lowest BCUT2D eigenvalue weighted by Gasteiger charge is -2.04. The molecule has 0 amide bonds. The van der Waals surface area contributed by atoms with Crippen LogP contribution in [0.4, 0.5) is 0 Å². The molecule has 1 atom stereocenters. The van der Waals surface area contributed by atoms with Gasteiger partial charge in [-0.2, -0.15) is 0 Å². The Hall–Kier alpha value is -0.650. The summed E-state index contributed by atoms with van der Waals surface area (Å²) in [6.07, 6.45) is -0.690. The third kappa shape index (κ3) is 5.78. The molecule has 0 aromatic rings. The van der Waals surface area contributed by atoms with Crippen molar-refractivity contribution in [1.82, 2.24) is 0 Å². The molecule has 0 bridgehead atoms. The van der Waals surface area contributed by atoms with E-state index in [0.717, 1.165) is 0 Å². The Morgan fingerprint density at radius 1 is 1.73 bits per heavy atom. The van der Waals surface area contributed by atoms with Gasteiger partial charge in [0.2, 0.25) is 0 Å². The topological polar surface area (TPSA) is 88.1 Å². The molecule has 0 radical (unpaired) electrons. The molecule has 11 heavy (non-hydrogen) atoms. The lowest BCUT2D eigenvalue weighted by molar-refractivity contribution is 0.0440. The number of aliphatic hydroxyl groups excluding tert-OH is 2. The van der Waals surface area contributed by atoms with E-state index in [1.54, 1.807) is 6.92 Å². The second kappa shape index (κ2) is 6.09. The standard InChI is InChI=1S/C6H14N2O3/c1-5(3-9)8-11-4-6(10)2-7/h6,9-10H,2-4,7H2,1H3. The number of oxime groups is 1. The minimum absolute atomic E-state index is 0.0633. The SMILES string of the molecule is CC(CO)=NOCC(O)CN. The molecule has 5 nitrogen and oxygen atoms in total. The summed E-state index contributed by atoms with van der Waals surface area (Å²) in [4.78, 5) is 4.64. The molecule has 66 valence electrons. The molecule has 0 spiro atoms. The molecular formula is C6H14N2O3. The molecule has 0 aliphatic heterocycles. The summed E-state index contributed by atoms with van der Waals surface area (Å²) in [6, 6.07) is 0. The van der Waals surface area contributed by atoms with Crippen molar-refractivity contribution in [3.05, 3.63) is 0 Å². The quantitative estimate of drug-likeness (QED) is 0.346. The summed E-state index contributed by atoms with van der Waals surface area (Å²) in [5, 5.41) is 20.8. The van der Waals surface area contributed by atoms with Gasteiger partial charge in [0.05, 0.1) is 12.3 Å². The van der Waals surface area contributed by atoms with Gasteiger partial charge in [0.25, 0.3) is 0 Å². The fraction of sp³-hybridized carbons (Fsp3) is 0.833. The highest BCUT2D eigenvalue weighted by Crippen LogP contribution is 1.84. The van der Waals surface area contributed by atoms with Crippen LogP contribution >= 0.6 is 0 Å². The largest absolute Gasteiger partial charge is 0.393 e. The first-order valence-corrected chi connectivity index (χ1v) is 3.35. The second-order valence-corrected chi connectivity index (χ2v) is 2.17. The molecule has 0 aliphatic rings. The smallest absolute Gasteiger partial charge is 0.144 e. The van der Waals surface area contributed by atoms with Crippen LogP contribution in [-0.4, -0.2) is 41.8 Å². The van der Waals surface area contributed by atoms with E-state index < -0.39 is 6.10 Å². The lowest BCUT2D eigenvalue weighted by Crippen LogP contribution is -2.24. The maximum atomic E-state index is 8.86. The number of hydrogen-bond acceptors (Lipinski definition) is 5. The number of nitrogens with two attached hydrogens (primary N) is 1. The van der Waals surface area contributed by atoms with Gasteiger partial charge in [0.1, 0.15) is 12.7 Å². The van der Waals surface area contributed by atoms with E-state index in [-0.39, 0.29) is 19.8 Å². The zero-order valence-electron chi connectivity index (χ0n) is 6.53. The first kappa shape index (κ1) is 10.3. The number of hydrogen-bond donors (Lipinski definition) is 3. The first-order valence-electron chi connectivity index (χ1n) is 3.35. The van der Waals surface area contributed by atoms with Crippen LogP contribution in [0, 0.1) is 0 Å². The normalized spacial score (nSPS) is 14.7. The van der Waals surface area contributed by atoms with Crippen molar-refractivity contribution >= 4 is 5.71 Å². The Balaban J connectivity index is 3.39. The highest BCUT2D eigenvalue weighted by molar-refractivity contribution is 5.82. The van der Waals surface area contributed by atoms with E-state index in [4.69, 9.17) is 15.9 Å². The monoisotopic (exact) mass is 162 g/mol. The molecule has 0 saturated carbocycles. The van der Waals surface area contributed by atoms with Crippen molar-refractivity contribution in [3.8, 4) is 0 Å². The van der Waals surface area contributed by atoms with Crippen LogP contribution in [0.2, 0.25) is 0 Å². The van der Waals surface area contributed by atoms with E-state index in [9.17, 15) is 0 Å². The highest BCUT2D eigenvalue weighted by Gasteiger charge is 1.99. The van der Waals surface area contributed by atoms with E-state index in [1.165, 1.54) is 0 Å². The summed E-state index contributed by atoms with van der Waals surface area (Å²) in [7, 11) is 0. The second-order valence-electron chi connectivity index (χ2n) is 2.17. The molecule has 0 saturated heterocycles. The Bertz CT molecular complexity index is 127. The summed E-state index contributed by atoms with van der Waals surface area (Å²) in [5.41, 5.74) is 5.56. The molecule has 5 heteroatoms. The van der Waals surface area contributed by atoms with Crippen molar-refractivity contribution < 1.29 is 15.1 Å². The van der Waals surface area contributed by atoms with Gasteiger partial charge in [-0.1, -0.05) is 5.16 Å². The fourth-order valence-electron chi connectivity index (χ4n) is 0.330.